The largest absolute Gasteiger partial charge is 0.465 e. The fourth-order valence-electron chi connectivity index (χ4n) is 3.99. The second-order valence-electron chi connectivity index (χ2n) is 8.50. The third kappa shape index (κ3) is 6.13. The molecule has 1 unspecified atom stereocenters. The number of amides is 2. The summed E-state index contributed by atoms with van der Waals surface area (Å²) in [6.45, 7) is 3.39. The van der Waals surface area contributed by atoms with E-state index in [1.165, 1.54) is 4.90 Å². The van der Waals surface area contributed by atoms with E-state index in [-0.39, 0.29) is 18.3 Å². The van der Waals surface area contributed by atoms with Crippen LogP contribution >= 0.6 is 23.2 Å². The van der Waals surface area contributed by atoms with Crippen molar-refractivity contribution in [2.75, 3.05) is 18.1 Å². The molecule has 0 aliphatic heterocycles. The van der Waals surface area contributed by atoms with E-state index < -0.39 is 23.8 Å². The molecule has 1 atom stereocenters. The molecule has 4 aromatic rings. The molecule has 1 aromatic heterocycles. The number of esters is 1. The second-order valence-corrected chi connectivity index (χ2v) is 9.30. The highest BCUT2D eigenvalue weighted by Crippen LogP contribution is 2.35. The Morgan fingerprint density at radius 3 is 2.34 bits per heavy atom. The molecule has 1 N–H and O–H groups in total. The number of hydrogen-bond donors (Lipinski definition) is 1. The zero-order valence-corrected chi connectivity index (χ0v) is 22.3. The number of para-hydroxylation sites is 1. The number of aryl methyl sites for hydroxylation is 1. The molecule has 0 aliphatic rings. The highest BCUT2D eigenvalue weighted by Gasteiger charge is 2.35. The first-order valence-corrected chi connectivity index (χ1v) is 12.7. The number of ether oxygens (including phenoxy) is 1. The van der Waals surface area contributed by atoms with Crippen molar-refractivity contribution >= 4 is 57.6 Å². The van der Waals surface area contributed by atoms with E-state index in [4.69, 9.17) is 27.9 Å². The number of carbonyl (C=O) groups is 3. The highest BCUT2D eigenvalue weighted by molar-refractivity contribution is 6.31. The molecule has 0 aliphatic carbocycles. The number of aromatic nitrogens is 1. The minimum atomic E-state index is -1.26. The average molecular weight is 550 g/mol. The molecule has 4 rings (SSSR count). The van der Waals surface area contributed by atoms with Crippen molar-refractivity contribution in [3.05, 3.63) is 106 Å². The van der Waals surface area contributed by atoms with Crippen molar-refractivity contribution in [3.63, 3.8) is 0 Å². The highest BCUT2D eigenvalue weighted by atomic mass is 35.5. The lowest BCUT2D eigenvalue weighted by molar-refractivity contribution is -0.143. The van der Waals surface area contributed by atoms with Gasteiger partial charge in [-0.2, -0.15) is 0 Å². The number of halogens is 2. The monoisotopic (exact) mass is 549 g/mol. The SMILES string of the molecule is CCOC(=O)CNC(=O)C(c1cc2ccccc2nc1Cl)N(C(=O)c1ccc(Cl)cc1)c1ccc(C)cc1. The van der Waals surface area contributed by atoms with Gasteiger partial charge in [0.05, 0.1) is 12.1 Å². The van der Waals surface area contributed by atoms with Crippen LogP contribution in [0.2, 0.25) is 10.2 Å². The van der Waals surface area contributed by atoms with Crippen LogP contribution in [0.4, 0.5) is 5.69 Å². The first-order valence-electron chi connectivity index (χ1n) is 11.9. The van der Waals surface area contributed by atoms with E-state index in [2.05, 4.69) is 10.3 Å². The Morgan fingerprint density at radius 2 is 1.66 bits per heavy atom. The van der Waals surface area contributed by atoms with E-state index in [0.717, 1.165) is 10.9 Å². The standard InChI is InChI=1S/C29H25Cl2N3O4/c1-3-38-25(35)17-32-28(36)26(23-16-20-6-4-5-7-24(20)33-27(23)31)34(22-14-8-18(2)9-15-22)29(37)19-10-12-21(30)13-11-19/h4-16,26H,3,17H2,1-2H3,(H,32,36). The van der Waals surface area contributed by atoms with E-state index in [0.29, 0.717) is 27.4 Å². The van der Waals surface area contributed by atoms with Gasteiger partial charge in [-0.1, -0.05) is 59.1 Å². The van der Waals surface area contributed by atoms with Gasteiger partial charge in [0.1, 0.15) is 17.7 Å². The lowest BCUT2D eigenvalue weighted by Gasteiger charge is -2.32. The van der Waals surface area contributed by atoms with Crippen LogP contribution in [0.25, 0.3) is 10.9 Å². The van der Waals surface area contributed by atoms with E-state index in [1.807, 2.05) is 37.3 Å². The van der Waals surface area contributed by atoms with Crippen molar-refractivity contribution in [2.24, 2.45) is 0 Å². The van der Waals surface area contributed by atoms with Crippen molar-refractivity contribution in [2.45, 2.75) is 19.9 Å². The van der Waals surface area contributed by atoms with Crippen LogP contribution < -0.4 is 10.2 Å². The van der Waals surface area contributed by atoms with Crippen LogP contribution in [0, 0.1) is 6.92 Å². The summed E-state index contributed by atoms with van der Waals surface area (Å²) in [4.78, 5) is 45.7. The first kappa shape index (κ1) is 27.1. The predicted octanol–water partition coefficient (Wildman–Crippen LogP) is 5.92. The van der Waals surface area contributed by atoms with Gasteiger partial charge >= 0.3 is 5.97 Å². The third-order valence-electron chi connectivity index (χ3n) is 5.84. The Labute approximate surface area is 230 Å². The lowest BCUT2D eigenvalue weighted by atomic mass is 10.0. The molecule has 0 fully saturated rings. The Morgan fingerprint density at radius 1 is 0.974 bits per heavy atom. The maximum Gasteiger partial charge on any atom is 0.325 e. The van der Waals surface area contributed by atoms with Gasteiger partial charge in [-0.3, -0.25) is 19.3 Å². The normalized spacial score (nSPS) is 11.6. The molecule has 9 heteroatoms. The number of carbonyl (C=O) groups excluding carboxylic acids is 3. The van der Waals surface area contributed by atoms with Gasteiger partial charge in [0, 0.05) is 27.2 Å². The number of benzene rings is 3. The molecule has 38 heavy (non-hydrogen) atoms. The molecule has 0 saturated heterocycles. The molecular weight excluding hydrogens is 525 g/mol. The van der Waals surface area contributed by atoms with Crippen molar-refractivity contribution in [3.8, 4) is 0 Å². The van der Waals surface area contributed by atoms with Gasteiger partial charge in [-0.05, 0) is 62.4 Å². The molecule has 7 nitrogen and oxygen atoms in total. The van der Waals surface area contributed by atoms with Crippen LogP contribution in [-0.2, 0) is 14.3 Å². The first-order chi connectivity index (χ1) is 18.3. The zero-order chi connectivity index (χ0) is 27.2. The van der Waals surface area contributed by atoms with E-state index in [9.17, 15) is 14.4 Å². The van der Waals surface area contributed by atoms with Crippen LogP contribution in [0.1, 0.15) is 34.5 Å². The molecule has 2 amide bonds. The second kappa shape index (κ2) is 12.1. The van der Waals surface area contributed by atoms with Gasteiger partial charge < -0.3 is 10.1 Å². The quantitative estimate of drug-likeness (QED) is 0.218. The smallest absolute Gasteiger partial charge is 0.325 e. The minimum Gasteiger partial charge on any atom is -0.465 e. The molecule has 3 aromatic carbocycles. The predicted molar refractivity (Wildman–Crippen MR) is 149 cm³/mol. The summed E-state index contributed by atoms with van der Waals surface area (Å²) in [7, 11) is 0. The van der Waals surface area contributed by atoms with Gasteiger partial charge in [-0.15, -0.1) is 0 Å². The maximum absolute atomic E-state index is 14.0. The van der Waals surface area contributed by atoms with Crippen LogP contribution in [0.15, 0.2) is 78.9 Å². The Bertz CT molecular complexity index is 1470. The average Bonchev–Trinajstić information content (AvgIpc) is 2.91. The van der Waals surface area contributed by atoms with Crippen LogP contribution in [0.5, 0.6) is 0 Å². The topological polar surface area (TPSA) is 88.6 Å². The number of nitrogens with zero attached hydrogens (tertiary/aromatic N) is 2. The number of hydrogen-bond acceptors (Lipinski definition) is 5. The van der Waals surface area contributed by atoms with Gasteiger partial charge in [0.15, 0.2) is 0 Å². The number of anilines is 1. The van der Waals surface area contributed by atoms with Crippen molar-refractivity contribution in [1.82, 2.24) is 10.3 Å². The lowest BCUT2D eigenvalue weighted by Crippen LogP contribution is -2.45. The van der Waals surface area contributed by atoms with Gasteiger partial charge in [0.2, 0.25) is 5.91 Å². The summed E-state index contributed by atoms with van der Waals surface area (Å²) in [5.41, 5.74) is 2.67. The number of nitrogens with one attached hydrogen (secondary N) is 1. The molecule has 0 radical (unpaired) electrons. The molecule has 0 bridgehead atoms. The van der Waals surface area contributed by atoms with Crippen molar-refractivity contribution < 1.29 is 19.1 Å². The van der Waals surface area contributed by atoms with E-state index >= 15 is 0 Å². The summed E-state index contributed by atoms with van der Waals surface area (Å²) in [6, 6.07) is 21.3. The third-order valence-corrected chi connectivity index (χ3v) is 6.39. The van der Waals surface area contributed by atoms with Gasteiger partial charge in [0.25, 0.3) is 5.91 Å². The molecule has 194 valence electrons. The van der Waals surface area contributed by atoms with Crippen LogP contribution in [-0.4, -0.2) is 35.9 Å². The van der Waals surface area contributed by atoms with Crippen molar-refractivity contribution in [1.29, 1.82) is 0 Å². The molecular formula is C29H25Cl2N3O4. The maximum atomic E-state index is 14.0. The van der Waals surface area contributed by atoms with E-state index in [1.54, 1.807) is 55.5 Å². The van der Waals surface area contributed by atoms with Gasteiger partial charge in [-0.25, -0.2) is 4.98 Å². The fraction of sp³-hybridized carbons (Fsp3) is 0.172. The summed E-state index contributed by atoms with van der Waals surface area (Å²) < 4.78 is 4.96. The minimum absolute atomic E-state index is 0.0565. The Kier molecular flexibility index (Phi) is 8.61. The number of fused-ring (bicyclic) bond motifs is 1. The summed E-state index contributed by atoms with van der Waals surface area (Å²) in [6.07, 6.45) is 0. The molecule has 0 saturated carbocycles. The molecule has 1 heterocycles. The Hall–Kier alpha value is -3.94. The zero-order valence-electron chi connectivity index (χ0n) is 20.8. The summed E-state index contributed by atoms with van der Waals surface area (Å²) >= 11 is 12.7. The molecule has 0 spiro atoms. The summed E-state index contributed by atoms with van der Waals surface area (Å²) in [5, 5.41) is 3.86. The van der Waals surface area contributed by atoms with Crippen LogP contribution in [0.3, 0.4) is 0 Å². The number of rotatable bonds is 8. The number of pyridine rings is 1. The fourth-order valence-corrected chi connectivity index (χ4v) is 4.36. The summed E-state index contributed by atoms with van der Waals surface area (Å²) in [5.74, 6) is -1.70. The Balaban J connectivity index is 1.89.